The molecule has 3 nitrogen and oxygen atoms in total. The molecule has 0 bridgehead atoms. The molecule has 1 aliphatic heterocycles. The molecule has 0 unspecified atom stereocenters. The van der Waals surface area contributed by atoms with Gasteiger partial charge in [-0.05, 0) is 42.7 Å². The van der Waals surface area contributed by atoms with Gasteiger partial charge in [-0.2, -0.15) is 0 Å². The van der Waals surface area contributed by atoms with Crippen molar-refractivity contribution in [3.63, 3.8) is 0 Å². The van der Waals surface area contributed by atoms with Crippen molar-refractivity contribution in [1.29, 1.82) is 0 Å². The van der Waals surface area contributed by atoms with Crippen molar-refractivity contribution in [1.82, 2.24) is 9.80 Å². The van der Waals surface area contributed by atoms with Crippen molar-refractivity contribution < 1.29 is 9.18 Å². The lowest BCUT2D eigenvalue weighted by molar-refractivity contribution is 0.0760. The second-order valence-corrected chi connectivity index (χ2v) is 6.36. The van der Waals surface area contributed by atoms with E-state index in [2.05, 4.69) is 36.1 Å². The van der Waals surface area contributed by atoms with E-state index in [1.165, 1.54) is 23.3 Å². The highest BCUT2D eigenvalue weighted by atomic mass is 19.1. The number of halogens is 1. The molecule has 1 saturated heterocycles. The number of benzene rings is 2. The first-order valence-corrected chi connectivity index (χ1v) is 8.45. The van der Waals surface area contributed by atoms with Crippen LogP contribution in [0, 0.1) is 12.7 Å². The zero-order valence-corrected chi connectivity index (χ0v) is 14.0. The lowest BCUT2D eigenvalue weighted by Crippen LogP contribution is -2.35. The Morgan fingerprint density at radius 3 is 2.67 bits per heavy atom. The Morgan fingerprint density at radius 2 is 1.88 bits per heavy atom. The Bertz CT molecular complexity index is 716. The number of hydrogen-bond acceptors (Lipinski definition) is 2. The molecule has 0 N–H and O–H groups in total. The highest BCUT2D eigenvalue weighted by molar-refractivity contribution is 5.94. The minimum absolute atomic E-state index is 0.0766. The number of carbonyl (C=O) groups is 1. The van der Waals surface area contributed by atoms with Gasteiger partial charge in [-0.25, -0.2) is 4.39 Å². The molecule has 0 aliphatic carbocycles. The SMILES string of the molecule is Cc1ccccc1CN1CCCN(C(=O)c2cccc(F)c2)CC1. The molecule has 24 heavy (non-hydrogen) atoms. The predicted molar refractivity (Wildman–Crippen MR) is 93.4 cm³/mol. The molecule has 1 amide bonds. The Kier molecular flexibility index (Phi) is 5.26. The molecule has 1 fully saturated rings. The Balaban J connectivity index is 1.63. The van der Waals surface area contributed by atoms with Crippen LogP contribution in [0.4, 0.5) is 4.39 Å². The monoisotopic (exact) mass is 326 g/mol. The van der Waals surface area contributed by atoms with E-state index in [-0.39, 0.29) is 11.7 Å². The zero-order chi connectivity index (χ0) is 16.9. The van der Waals surface area contributed by atoms with E-state index in [1.54, 1.807) is 12.1 Å². The second kappa shape index (κ2) is 7.58. The van der Waals surface area contributed by atoms with Crippen LogP contribution in [-0.4, -0.2) is 41.9 Å². The van der Waals surface area contributed by atoms with Gasteiger partial charge in [0, 0.05) is 38.3 Å². The third-order valence-electron chi connectivity index (χ3n) is 4.60. The van der Waals surface area contributed by atoms with Crippen LogP contribution in [0.25, 0.3) is 0 Å². The van der Waals surface area contributed by atoms with Gasteiger partial charge in [-0.3, -0.25) is 9.69 Å². The standard InChI is InChI=1S/C20H23FN2O/c1-16-6-2-3-7-18(16)15-22-10-5-11-23(13-12-22)20(24)17-8-4-9-19(21)14-17/h2-4,6-9,14H,5,10-13,15H2,1H3. The quantitative estimate of drug-likeness (QED) is 0.862. The first kappa shape index (κ1) is 16.7. The van der Waals surface area contributed by atoms with Gasteiger partial charge in [-0.1, -0.05) is 30.3 Å². The van der Waals surface area contributed by atoms with Crippen molar-refractivity contribution in [2.75, 3.05) is 26.2 Å². The van der Waals surface area contributed by atoms with Crippen LogP contribution in [0.5, 0.6) is 0 Å². The van der Waals surface area contributed by atoms with Crippen molar-refractivity contribution in [3.05, 3.63) is 71.0 Å². The van der Waals surface area contributed by atoms with Gasteiger partial charge < -0.3 is 4.90 Å². The van der Waals surface area contributed by atoms with Gasteiger partial charge in [0.1, 0.15) is 5.82 Å². The summed E-state index contributed by atoms with van der Waals surface area (Å²) < 4.78 is 13.3. The number of rotatable bonds is 3. The molecule has 0 saturated carbocycles. The molecule has 1 heterocycles. The van der Waals surface area contributed by atoms with Crippen LogP contribution >= 0.6 is 0 Å². The number of carbonyl (C=O) groups excluding carboxylic acids is 1. The van der Waals surface area contributed by atoms with Crippen LogP contribution in [-0.2, 0) is 6.54 Å². The summed E-state index contributed by atoms with van der Waals surface area (Å²) in [5, 5.41) is 0. The highest BCUT2D eigenvalue weighted by Crippen LogP contribution is 2.14. The molecule has 126 valence electrons. The van der Waals surface area contributed by atoms with Crippen molar-refractivity contribution in [2.24, 2.45) is 0 Å². The average molecular weight is 326 g/mol. The van der Waals surface area contributed by atoms with Crippen molar-refractivity contribution in [3.8, 4) is 0 Å². The number of nitrogens with zero attached hydrogens (tertiary/aromatic N) is 2. The maximum absolute atomic E-state index is 13.3. The van der Waals surface area contributed by atoms with Gasteiger partial charge >= 0.3 is 0 Å². The molecule has 0 aromatic heterocycles. The molecule has 1 aliphatic rings. The fourth-order valence-electron chi connectivity index (χ4n) is 3.16. The topological polar surface area (TPSA) is 23.6 Å². The Hall–Kier alpha value is -2.20. The molecule has 0 spiro atoms. The fourth-order valence-corrected chi connectivity index (χ4v) is 3.16. The van der Waals surface area contributed by atoms with Gasteiger partial charge in [0.15, 0.2) is 0 Å². The normalized spacial score (nSPS) is 16.0. The number of amides is 1. The highest BCUT2D eigenvalue weighted by Gasteiger charge is 2.20. The minimum atomic E-state index is -0.364. The molecule has 3 rings (SSSR count). The summed E-state index contributed by atoms with van der Waals surface area (Å²) in [4.78, 5) is 16.8. The molecule has 0 atom stereocenters. The van der Waals surface area contributed by atoms with Gasteiger partial charge in [0.05, 0.1) is 0 Å². The summed E-state index contributed by atoms with van der Waals surface area (Å²) in [5.41, 5.74) is 3.07. The van der Waals surface area contributed by atoms with Gasteiger partial charge in [0.25, 0.3) is 5.91 Å². The molecular formula is C20H23FN2O. The maximum Gasteiger partial charge on any atom is 0.254 e. The van der Waals surface area contributed by atoms with Gasteiger partial charge in [-0.15, -0.1) is 0 Å². The molecule has 2 aromatic carbocycles. The maximum atomic E-state index is 13.3. The summed E-state index contributed by atoms with van der Waals surface area (Å²) in [6, 6.07) is 14.4. The number of aryl methyl sites for hydroxylation is 1. The van der Waals surface area contributed by atoms with E-state index in [0.717, 1.165) is 32.6 Å². The molecule has 4 heteroatoms. The predicted octanol–water partition coefficient (Wildman–Crippen LogP) is 3.48. The summed E-state index contributed by atoms with van der Waals surface area (Å²) in [6.07, 6.45) is 0.937. The third-order valence-corrected chi connectivity index (χ3v) is 4.60. The van der Waals surface area contributed by atoms with Crippen molar-refractivity contribution >= 4 is 5.91 Å². The van der Waals surface area contributed by atoms with Crippen LogP contribution in [0.2, 0.25) is 0 Å². The van der Waals surface area contributed by atoms with E-state index < -0.39 is 0 Å². The summed E-state index contributed by atoms with van der Waals surface area (Å²) in [7, 11) is 0. The van der Waals surface area contributed by atoms with E-state index in [1.807, 2.05) is 4.90 Å². The Labute approximate surface area is 142 Å². The minimum Gasteiger partial charge on any atom is -0.337 e. The average Bonchev–Trinajstić information content (AvgIpc) is 2.82. The van der Waals surface area contributed by atoms with E-state index >= 15 is 0 Å². The summed E-state index contributed by atoms with van der Waals surface area (Å²) in [6.45, 7) is 6.26. The molecule has 0 radical (unpaired) electrons. The van der Waals surface area contributed by atoms with Crippen LogP contribution in [0.3, 0.4) is 0 Å². The first-order valence-electron chi connectivity index (χ1n) is 8.45. The fraction of sp³-hybridized carbons (Fsp3) is 0.350. The van der Waals surface area contributed by atoms with Crippen molar-refractivity contribution in [2.45, 2.75) is 19.9 Å². The second-order valence-electron chi connectivity index (χ2n) is 6.36. The number of hydrogen-bond donors (Lipinski definition) is 0. The summed E-state index contributed by atoms with van der Waals surface area (Å²) in [5.74, 6) is -0.441. The van der Waals surface area contributed by atoms with E-state index in [4.69, 9.17) is 0 Å². The lowest BCUT2D eigenvalue weighted by atomic mass is 10.1. The smallest absolute Gasteiger partial charge is 0.254 e. The zero-order valence-electron chi connectivity index (χ0n) is 14.0. The summed E-state index contributed by atoms with van der Waals surface area (Å²) >= 11 is 0. The first-order chi connectivity index (χ1) is 11.6. The lowest BCUT2D eigenvalue weighted by Gasteiger charge is -2.22. The van der Waals surface area contributed by atoms with Crippen LogP contribution in [0.15, 0.2) is 48.5 Å². The van der Waals surface area contributed by atoms with Gasteiger partial charge in [0.2, 0.25) is 0 Å². The van der Waals surface area contributed by atoms with E-state index in [9.17, 15) is 9.18 Å². The molecule has 2 aromatic rings. The molecular weight excluding hydrogens is 303 g/mol. The largest absolute Gasteiger partial charge is 0.337 e. The van der Waals surface area contributed by atoms with Crippen LogP contribution in [0.1, 0.15) is 27.9 Å². The van der Waals surface area contributed by atoms with Crippen LogP contribution < -0.4 is 0 Å². The Morgan fingerprint density at radius 1 is 1.04 bits per heavy atom. The van der Waals surface area contributed by atoms with E-state index in [0.29, 0.717) is 12.1 Å². The third kappa shape index (κ3) is 4.01.